The first kappa shape index (κ1) is 20.8. The minimum atomic E-state index is 0. The van der Waals surface area contributed by atoms with Gasteiger partial charge in [-0.1, -0.05) is 76.8 Å². The van der Waals surface area contributed by atoms with E-state index < -0.39 is 0 Å². The first-order valence-electron chi connectivity index (χ1n) is 8.23. The SMILES string of the molecule is CCCCCCCCCCCCOc1ccc([O-])cc1.[Na+]. The predicted molar refractivity (Wildman–Crippen MR) is 83.2 cm³/mol. The molecule has 2 nitrogen and oxygen atoms in total. The van der Waals surface area contributed by atoms with Crippen LogP contribution in [0.3, 0.4) is 0 Å². The normalized spacial score (nSPS) is 10.1. The van der Waals surface area contributed by atoms with Crippen LogP contribution in [0.15, 0.2) is 24.3 Å². The average molecular weight is 300 g/mol. The van der Waals surface area contributed by atoms with E-state index in [1.807, 2.05) is 0 Å². The third-order valence-corrected chi connectivity index (χ3v) is 3.59. The molecule has 0 aromatic heterocycles. The maximum absolute atomic E-state index is 10.9. The van der Waals surface area contributed by atoms with Crippen LogP contribution in [0.5, 0.6) is 11.5 Å². The first-order valence-corrected chi connectivity index (χ1v) is 8.23. The molecule has 1 rings (SSSR count). The quantitative estimate of drug-likeness (QED) is 0.437. The molecular weight excluding hydrogens is 271 g/mol. The van der Waals surface area contributed by atoms with Crippen LogP contribution < -0.4 is 39.4 Å². The van der Waals surface area contributed by atoms with Gasteiger partial charge in [-0.15, -0.1) is 5.75 Å². The summed E-state index contributed by atoms with van der Waals surface area (Å²) in [4.78, 5) is 0. The molecule has 0 aliphatic rings. The molecule has 0 fully saturated rings. The van der Waals surface area contributed by atoms with Gasteiger partial charge in [0.25, 0.3) is 0 Å². The van der Waals surface area contributed by atoms with E-state index >= 15 is 0 Å². The van der Waals surface area contributed by atoms with E-state index in [0.29, 0.717) is 0 Å². The third-order valence-electron chi connectivity index (χ3n) is 3.59. The molecule has 0 atom stereocenters. The van der Waals surface area contributed by atoms with Gasteiger partial charge < -0.3 is 9.84 Å². The van der Waals surface area contributed by atoms with E-state index in [4.69, 9.17) is 4.74 Å². The Morgan fingerprint density at radius 2 is 1.24 bits per heavy atom. The van der Waals surface area contributed by atoms with Crippen molar-refractivity contribution in [2.24, 2.45) is 0 Å². The summed E-state index contributed by atoms with van der Waals surface area (Å²) in [5.41, 5.74) is 0. The van der Waals surface area contributed by atoms with Crippen molar-refractivity contribution in [3.8, 4) is 11.5 Å². The summed E-state index contributed by atoms with van der Waals surface area (Å²) in [6.45, 7) is 3.02. The number of benzene rings is 1. The summed E-state index contributed by atoms with van der Waals surface area (Å²) in [5, 5.41) is 10.9. The molecule has 114 valence electrons. The van der Waals surface area contributed by atoms with Gasteiger partial charge in [0.15, 0.2) is 0 Å². The topological polar surface area (TPSA) is 32.3 Å². The fourth-order valence-electron chi connectivity index (χ4n) is 2.32. The van der Waals surface area contributed by atoms with Crippen LogP contribution in [0.25, 0.3) is 0 Å². The van der Waals surface area contributed by atoms with Crippen LogP contribution in [0, 0.1) is 0 Å². The Morgan fingerprint density at radius 1 is 0.762 bits per heavy atom. The van der Waals surface area contributed by atoms with Crippen molar-refractivity contribution in [2.45, 2.75) is 71.1 Å². The molecule has 0 spiro atoms. The second-order valence-corrected chi connectivity index (χ2v) is 5.50. The molecule has 0 amide bonds. The minimum absolute atomic E-state index is 0. The van der Waals surface area contributed by atoms with Gasteiger partial charge in [0.1, 0.15) is 5.75 Å². The van der Waals surface area contributed by atoms with Crippen LogP contribution in [0.2, 0.25) is 0 Å². The summed E-state index contributed by atoms with van der Waals surface area (Å²) in [5.74, 6) is 0.844. The molecule has 0 heterocycles. The van der Waals surface area contributed by atoms with Gasteiger partial charge in [0.2, 0.25) is 0 Å². The van der Waals surface area contributed by atoms with Crippen LogP contribution in [-0.4, -0.2) is 6.61 Å². The van der Waals surface area contributed by atoms with Crippen molar-refractivity contribution in [2.75, 3.05) is 6.61 Å². The Kier molecular flexibility index (Phi) is 14.6. The third kappa shape index (κ3) is 12.1. The molecule has 0 saturated heterocycles. The second kappa shape index (κ2) is 14.7. The maximum atomic E-state index is 10.9. The molecular formula is C18H29NaO2. The summed E-state index contributed by atoms with van der Waals surface area (Å²) in [6.07, 6.45) is 13.4. The number of hydrogen-bond donors (Lipinski definition) is 0. The van der Waals surface area contributed by atoms with E-state index in [2.05, 4.69) is 6.92 Å². The van der Waals surface area contributed by atoms with Gasteiger partial charge in [-0.2, -0.15) is 0 Å². The van der Waals surface area contributed by atoms with Crippen LogP contribution in [0.1, 0.15) is 71.1 Å². The van der Waals surface area contributed by atoms with E-state index in [1.165, 1.54) is 57.8 Å². The van der Waals surface area contributed by atoms with Crippen molar-refractivity contribution < 1.29 is 39.4 Å². The monoisotopic (exact) mass is 300 g/mol. The van der Waals surface area contributed by atoms with Gasteiger partial charge >= 0.3 is 29.6 Å². The van der Waals surface area contributed by atoms with Crippen molar-refractivity contribution in [3.63, 3.8) is 0 Å². The molecule has 3 heteroatoms. The number of unbranched alkanes of at least 4 members (excludes halogenated alkanes) is 9. The van der Waals surface area contributed by atoms with Gasteiger partial charge in [-0.05, 0) is 18.6 Å². The summed E-state index contributed by atoms with van der Waals surface area (Å²) in [7, 11) is 0. The molecule has 1 aromatic rings. The molecule has 0 aliphatic carbocycles. The van der Waals surface area contributed by atoms with Crippen molar-refractivity contribution in [3.05, 3.63) is 24.3 Å². The Morgan fingerprint density at radius 3 is 1.76 bits per heavy atom. The van der Waals surface area contributed by atoms with Gasteiger partial charge in [0, 0.05) is 0 Å². The Labute approximate surface area is 152 Å². The Balaban J connectivity index is 0.00000400. The zero-order valence-electron chi connectivity index (χ0n) is 13.9. The zero-order valence-corrected chi connectivity index (χ0v) is 15.9. The van der Waals surface area contributed by atoms with Crippen molar-refractivity contribution in [1.29, 1.82) is 0 Å². The standard InChI is InChI=1S/C18H30O2.Na/c1-2-3-4-5-6-7-8-9-10-11-16-20-18-14-12-17(19)13-15-18;/h12-15,19H,2-11,16H2,1H3;/q;+1/p-1. The molecule has 0 radical (unpaired) electrons. The van der Waals surface area contributed by atoms with Crippen molar-refractivity contribution in [1.82, 2.24) is 0 Å². The summed E-state index contributed by atoms with van der Waals surface area (Å²) in [6, 6.07) is 6.60. The Hall–Kier alpha value is -0.180. The summed E-state index contributed by atoms with van der Waals surface area (Å²) >= 11 is 0. The maximum Gasteiger partial charge on any atom is 1.00 e. The number of ether oxygens (including phenoxy) is 1. The first-order chi connectivity index (χ1) is 9.83. The molecule has 0 saturated carbocycles. The number of hydrogen-bond acceptors (Lipinski definition) is 2. The molecule has 0 bridgehead atoms. The van der Waals surface area contributed by atoms with Crippen LogP contribution in [-0.2, 0) is 0 Å². The Bertz CT molecular complexity index is 324. The second-order valence-electron chi connectivity index (χ2n) is 5.50. The van der Waals surface area contributed by atoms with Gasteiger partial charge in [-0.25, -0.2) is 0 Å². The summed E-state index contributed by atoms with van der Waals surface area (Å²) < 4.78 is 5.59. The van der Waals surface area contributed by atoms with E-state index in [-0.39, 0.29) is 35.3 Å². The largest absolute Gasteiger partial charge is 1.00 e. The molecule has 0 aliphatic heterocycles. The van der Waals surface area contributed by atoms with Gasteiger partial charge in [0.05, 0.1) is 6.61 Å². The van der Waals surface area contributed by atoms with Crippen LogP contribution in [0.4, 0.5) is 0 Å². The van der Waals surface area contributed by atoms with E-state index in [0.717, 1.165) is 18.8 Å². The molecule has 0 N–H and O–H groups in total. The van der Waals surface area contributed by atoms with Crippen LogP contribution >= 0.6 is 0 Å². The smallest absolute Gasteiger partial charge is 0.872 e. The fourth-order valence-corrected chi connectivity index (χ4v) is 2.32. The minimum Gasteiger partial charge on any atom is -0.872 e. The predicted octanol–water partition coefficient (Wildman–Crippen LogP) is 2.06. The zero-order chi connectivity index (χ0) is 14.5. The van der Waals surface area contributed by atoms with E-state index in [1.54, 1.807) is 24.3 Å². The fraction of sp³-hybridized carbons (Fsp3) is 0.667. The molecule has 0 unspecified atom stereocenters. The van der Waals surface area contributed by atoms with E-state index in [9.17, 15) is 5.11 Å². The average Bonchev–Trinajstić information content (AvgIpc) is 2.47. The van der Waals surface area contributed by atoms with Gasteiger partial charge in [-0.3, -0.25) is 0 Å². The number of rotatable bonds is 12. The molecule has 21 heavy (non-hydrogen) atoms. The molecule has 1 aromatic carbocycles. The van der Waals surface area contributed by atoms with Crippen molar-refractivity contribution >= 4 is 0 Å².